The van der Waals surface area contributed by atoms with Crippen LogP contribution in [0.2, 0.25) is 0 Å². The second kappa shape index (κ2) is 41.2. The zero-order valence-electron chi connectivity index (χ0n) is 79.7. The Labute approximate surface area is 778 Å². The van der Waals surface area contributed by atoms with Crippen LogP contribution in [0.25, 0.3) is 88.4 Å². The highest BCUT2D eigenvalue weighted by Crippen LogP contribution is 2.48. The number of nitrogens with zero attached hydrogens (tertiary/aromatic N) is 8. The van der Waals surface area contributed by atoms with Gasteiger partial charge < -0.3 is 104 Å². The van der Waals surface area contributed by atoms with E-state index >= 15 is 0 Å². The topological polar surface area (TPSA) is 433 Å². The Bertz CT molecular complexity index is 6010. The molecular formula is C99H126N16O19. The molecular weight excluding hydrogens is 1720 g/mol. The van der Waals surface area contributed by atoms with E-state index in [9.17, 15) is 43.2 Å². The fourth-order valence-electron chi connectivity index (χ4n) is 19.2. The van der Waals surface area contributed by atoms with Gasteiger partial charge in [-0.25, -0.2) is 48.7 Å². The van der Waals surface area contributed by atoms with Crippen molar-refractivity contribution in [3.8, 4) is 56.3 Å². The van der Waals surface area contributed by atoms with Gasteiger partial charge in [-0.15, -0.1) is 0 Å². The van der Waals surface area contributed by atoms with Crippen molar-refractivity contribution in [3.63, 3.8) is 0 Å². The number of methoxy groups -OCH3 is 6. The molecule has 35 heteroatoms. The molecule has 10 heterocycles. The number of likely N-dealkylation sites (tertiary alicyclic amines) is 4. The number of aromatic nitrogens is 8. The van der Waals surface area contributed by atoms with Crippen LogP contribution in [-0.2, 0) is 65.5 Å². The van der Waals surface area contributed by atoms with Crippen molar-refractivity contribution in [2.45, 2.75) is 196 Å². The summed E-state index contributed by atoms with van der Waals surface area (Å²) in [4.78, 5) is 154. The van der Waals surface area contributed by atoms with Gasteiger partial charge in [-0.2, -0.15) is 0 Å². The lowest BCUT2D eigenvalue weighted by atomic mass is 9.92. The molecule has 14 atom stereocenters. The summed E-state index contributed by atoms with van der Waals surface area (Å²) in [5.41, 5.74) is 12.6. The highest BCUT2D eigenvalue weighted by atomic mass is 16.6. The maximum absolute atomic E-state index is 14.1. The molecule has 4 aromatic heterocycles. The van der Waals surface area contributed by atoms with Crippen LogP contribution < -0.4 is 30.7 Å². The van der Waals surface area contributed by atoms with Gasteiger partial charge in [-0.1, -0.05) is 118 Å². The molecule has 4 saturated heterocycles. The van der Waals surface area contributed by atoms with E-state index in [0.29, 0.717) is 70.7 Å². The van der Waals surface area contributed by atoms with E-state index in [1.54, 1.807) is 33.0 Å². The largest absolute Gasteiger partial charge is 0.488 e. The van der Waals surface area contributed by atoms with Crippen molar-refractivity contribution in [2.75, 3.05) is 82.1 Å². The number of fused-ring (bicyclic) bond motifs is 12. The van der Waals surface area contributed by atoms with E-state index in [2.05, 4.69) is 133 Å². The van der Waals surface area contributed by atoms with Gasteiger partial charge >= 0.3 is 36.4 Å². The Kier molecular flexibility index (Phi) is 29.8. The van der Waals surface area contributed by atoms with Crippen LogP contribution >= 0.6 is 0 Å². The average Bonchev–Trinajstić information content (AvgIpc) is 1.44. The summed E-state index contributed by atoms with van der Waals surface area (Å²) in [6.07, 6.45) is 5.01. The molecule has 716 valence electrons. The number of hydrogen-bond donors (Lipinski definition) is 9. The molecule has 6 aliphatic rings. The molecule has 4 fully saturated rings. The highest BCUT2D eigenvalue weighted by Gasteiger charge is 2.46. The summed E-state index contributed by atoms with van der Waals surface area (Å²) < 4.78 is 48.5. The fraction of sp³-hybridized carbons (Fsp3) is 0.505. The van der Waals surface area contributed by atoms with Gasteiger partial charge in [0, 0.05) is 74.1 Å². The number of carboxylic acids is 1. The number of alkyl carbamates (subject to hydrolysis) is 4. The number of carbonyl (C=O) groups is 9. The van der Waals surface area contributed by atoms with Gasteiger partial charge in [0.15, 0.2) is 0 Å². The van der Waals surface area contributed by atoms with Gasteiger partial charge in [-0.3, -0.25) is 19.3 Å². The van der Waals surface area contributed by atoms with E-state index in [0.717, 1.165) is 155 Å². The lowest BCUT2D eigenvalue weighted by Gasteiger charge is -2.30. The smallest absolute Gasteiger partial charge is 0.410 e. The van der Waals surface area contributed by atoms with Crippen molar-refractivity contribution >= 4 is 97.8 Å². The number of nitrogens with one attached hydrogen (secondary N) is 8. The van der Waals surface area contributed by atoms with Crippen LogP contribution in [-0.4, -0.2) is 231 Å². The van der Waals surface area contributed by atoms with Crippen molar-refractivity contribution in [1.29, 1.82) is 0 Å². The SMILES string of the molecule is CCC(C)[C@H](NC(=O)OC)C(=O)N1C[C@@H](C)CC1c1ncc(-c2ccc3c(c2)COc2cc4c(ccc5[nH]c([C@@H]6C[C@H](COC)CN6C(=O)[C@@H](NC(=O)OC)C(C)C)nc54)cc2-3)[nH]1.CC[C@H](C)[C@H](NC(=O)OC)C(=O)N1C[C@@H](C)CC1c1ncc(-c2ccc3c(c2)COc2cc4c(ccc5[nH]c([C@@H]6C[C@H](COC)CN6C(=O)OC(C)(C)C)nc54)cc2-3)[nH]1.COC(=O)NC(C(=O)O)C(C)C. The second-order valence-corrected chi connectivity index (χ2v) is 38.0. The van der Waals surface area contributed by atoms with Crippen LogP contribution in [0.4, 0.5) is 24.0 Å². The monoisotopic (exact) mass is 1840 g/mol. The quantitative estimate of drug-likeness (QED) is 0.0254. The number of H-pyrrole nitrogens is 4. The summed E-state index contributed by atoms with van der Waals surface area (Å²) in [6.45, 7) is 29.0. The zero-order valence-corrected chi connectivity index (χ0v) is 79.7. The number of rotatable bonds is 24. The van der Waals surface area contributed by atoms with E-state index in [4.69, 9.17) is 62.9 Å². The van der Waals surface area contributed by atoms with Crippen LogP contribution in [0.15, 0.2) is 97.3 Å². The predicted molar refractivity (Wildman–Crippen MR) is 502 cm³/mol. The number of ether oxygens (including phenoxy) is 9. The third kappa shape index (κ3) is 20.8. The molecule has 6 aliphatic heterocycles. The first-order valence-electron chi connectivity index (χ1n) is 46.1. The summed E-state index contributed by atoms with van der Waals surface area (Å²) in [5.74, 6) is 3.17. The Balaban J connectivity index is 0.000000192. The molecule has 10 aromatic rings. The Morgan fingerprint density at radius 2 is 0.843 bits per heavy atom. The molecule has 16 rings (SSSR count). The number of benzene rings is 6. The first kappa shape index (κ1) is 97.0. The van der Waals surface area contributed by atoms with E-state index < -0.39 is 60.1 Å². The van der Waals surface area contributed by atoms with Crippen LogP contribution in [0.3, 0.4) is 0 Å². The number of imidazole rings is 4. The summed E-state index contributed by atoms with van der Waals surface area (Å²) in [5, 5.41) is 23.0. The molecule has 0 bridgehead atoms. The number of hydrogen-bond acceptors (Lipinski definition) is 22. The van der Waals surface area contributed by atoms with Crippen LogP contribution in [0.5, 0.6) is 11.5 Å². The lowest BCUT2D eigenvalue weighted by Crippen LogP contribution is -2.51. The van der Waals surface area contributed by atoms with E-state index in [1.165, 1.54) is 28.4 Å². The minimum Gasteiger partial charge on any atom is -0.488 e. The Morgan fingerprint density at radius 1 is 0.463 bits per heavy atom. The maximum atomic E-state index is 14.1. The van der Waals surface area contributed by atoms with Crippen molar-refractivity contribution in [1.82, 2.24) is 80.7 Å². The molecule has 134 heavy (non-hydrogen) atoms. The van der Waals surface area contributed by atoms with E-state index in [-0.39, 0.29) is 95.3 Å². The van der Waals surface area contributed by atoms with Gasteiger partial charge in [0.2, 0.25) is 17.7 Å². The normalized spacial score (nSPS) is 20.2. The first-order valence-corrected chi connectivity index (χ1v) is 46.1. The van der Waals surface area contributed by atoms with Crippen molar-refractivity contribution in [3.05, 3.63) is 132 Å². The lowest BCUT2D eigenvalue weighted by molar-refractivity contribution is -0.140. The molecule has 9 N–H and O–H groups in total. The van der Waals surface area contributed by atoms with E-state index in [1.807, 2.05) is 102 Å². The molecule has 8 amide bonds. The zero-order chi connectivity index (χ0) is 96.2. The summed E-state index contributed by atoms with van der Waals surface area (Å²) in [7, 11) is 8.42. The average molecular weight is 1840 g/mol. The Hall–Kier alpha value is -13.1. The Morgan fingerprint density at radius 3 is 1.23 bits per heavy atom. The van der Waals surface area contributed by atoms with Crippen LogP contribution in [0.1, 0.15) is 187 Å². The third-order valence-electron chi connectivity index (χ3n) is 26.5. The van der Waals surface area contributed by atoms with Gasteiger partial charge in [-0.05, 0) is 175 Å². The summed E-state index contributed by atoms with van der Waals surface area (Å²) >= 11 is 0. The third-order valence-corrected chi connectivity index (χ3v) is 26.5. The number of amides is 8. The molecule has 0 radical (unpaired) electrons. The molecule has 0 aliphatic carbocycles. The second-order valence-electron chi connectivity index (χ2n) is 38.0. The molecule has 0 spiro atoms. The molecule has 0 saturated carbocycles. The maximum Gasteiger partial charge on any atom is 0.410 e. The van der Waals surface area contributed by atoms with Crippen LogP contribution in [0, 0.1) is 47.3 Å². The van der Waals surface area contributed by atoms with Gasteiger partial charge in [0.05, 0.1) is 112 Å². The van der Waals surface area contributed by atoms with Crippen molar-refractivity contribution in [2.24, 2.45) is 47.3 Å². The van der Waals surface area contributed by atoms with Crippen molar-refractivity contribution < 1.29 is 90.9 Å². The first-order chi connectivity index (χ1) is 64.0. The predicted octanol–water partition coefficient (Wildman–Crippen LogP) is 16.0. The number of aromatic amines is 4. The molecule has 6 aromatic carbocycles. The number of carbonyl (C=O) groups excluding carboxylic acids is 8. The minimum absolute atomic E-state index is 0.0690. The summed E-state index contributed by atoms with van der Waals surface area (Å²) in [6, 6.07) is 25.2. The van der Waals surface area contributed by atoms with Gasteiger partial charge in [0.25, 0.3) is 0 Å². The number of aliphatic carboxylic acids is 1. The standard InChI is InChI=1S/C47H58N8O8.C45H55N7O7.C7H13NO4/c1-9-26(5)40(53-47(59)62-8)45(57)54-20-25(4)14-36(54)42-48-19-35(50-42)29-10-12-31-30(16-29)23-63-38-18-32-28(17-33(31)38)11-13-34-41(32)51-43(49-34)37-15-27(22-60-6)21-55(37)44(56)39(24(2)3)52-46(58)61-7;1-9-25(3)38(50-43(54)57-8)42(53)51-20-24(2)14-35(51)40-46-19-34(48-40)28-10-12-30-29(16-28)23-58-37-18-31-27(17-32(30)37)11-13-33-39(31)49-41(47-33)36-15-26(22-56-7)21-52(36)44(55)59-45(4,5)6;1-4(2)5(6(9)10)8-7(11)12-3/h10-13,16-19,24-27,36-37,39-40H,9,14-15,20-23H2,1-8H3,(H,48,50)(H,49,51)(H,52,58)(H,53,59);10-13,16-19,24-26,35-36,38H,9,14-15,20-23H2,1-8H3,(H,46,48)(H,47,49)(H,50,54);4-5H,1-3H3,(H,8,11)(H,9,10)/t25-,26?,27-,36?,37-,39-,40-;24-,25-,26-,35?,36-,38-;/m00./s1. The highest BCUT2D eigenvalue weighted by molar-refractivity contribution is 6.08. The van der Waals surface area contributed by atoms with Gasteiger partial charge in [0.1, 0.15) is 77.8 Å². The molecule has 35 nitrogen and oxygen atoms in total. The minimum atomic E-state index is -1.06. The molecule has 4 unspecified atom stereocenters. The fourth-order valence-corrected chi connectivity index (χ4v) is 19.2. The number of carboxylic acid groups (broad SMARTS) is 1.